The maximum atomic E-state index is 12.7. The summed E-state index contributed by atoms with van der Waals surface area (Å²) in [5.41, 5.74) is 5.71. The summed E-state index contributed by atoms with van der Waals surface area (Å²) in [6, 6.07) is 12.1. The summed E-state index contributed by atoms with van der Waals surface area (Å²) in [6.07, 6.45) is 4.90. The molecule has 0 saturated carbocycles. The predicted molar refractivity (Wildman–Crippen MR) is 109 cm³/mol. The molecule has 1 aliphatic rings. The van der Waals surface area contributed by atoms with E-state index < -0.39 is 0 Å². The molecule has 0 fully saturated rings. The molecule has 150 valence electrons. The molecule has 1 aromatic carbocycles. The summed E-state index contributed by atoms with van der Waals surface area (Å²) in [5.74, 6) is 0.0459. The molecular formula is C23H25N3O3. The highest BCUT2D eigenvalue weighted by Crippen LogP contribution is 2.30. The Hall–Kier alpha value is -3.15. The average molecular weight is 391 g/mol. The first-order valence-corrected chi connectivity index (χ1v) is 10.1. The minimum atomic E-state index is -0.113. The van der Waals surface area contributed by atoms with Crippen LogP contribution in [-0.2, 0) is 37.1 Å². The van der Waals surface area contributed by atoms with Crippen molar-refractivity contribution in [1.29, 1.82) is 0 Å². The third-order valence-electron chi connectivity index (χ3n) is 5.62. The number of hydrogen-bond donors (Lipinski definition) is 1. The maximum absolute atomic E-state index is 12.7. The molecule has 1 aliphatic carbocycles. The van der Waals surface area contributed by atoms with E-state index in [-0.39, 0.29) is 18.1 Å². The zero-order valence-corrected chi connectivity index (χ0v) is 16.6. The van der Waals surface area contributed by atoms with Crippen molar-refractivity contribution in [3.8, 4) is 0 Å². The Balaban J connectivity index is 1.55. The summed E-state index contributed by atoms with van der Waals surface area (Å²) in [5, 5.41) is 6.67. The van der Waals surface area contributed by atoms with E-state index in [0.717, 1.165) is 48.3 Å². The zero-order valence-electron chi connectivity index (χ0n) is 16.6. The minimum Gasteiger partial charge on any atom is -0.364 e. The van der Waals surface area contributed by atoms with Gasteiger partial charge in [-0.05, 0) is 37.3 Å². The van der Waals surface area contributed by atoms with Crippen molar-refractivity contribution in [3.05, 3.63) is 76.4 Å². The Kier molecular flexibility index (Phi) is 5.60. The average Bonchev–Trinajstić information content (AvgIpc) is 3.34. The minimum absolute atomic E-state index is 0.113. The van der Waals surface area contributed by atoms with Crippen molar-refractivity contribution in [1.82, 2.24) is 15.0 Å². The summed E-state index contributed by atoms with van der Waals surface area (Å²) < 4.78 is 7.04. The number of fused-ring (bicyclic) bond motifs is 1. The molecule has 29 heavy (non-hydrogen) atoms. The lowest BCUT2D eigenvalue weighted by atomic mass is 9.92. The van der Waals surface area contributed by atoms with E-state index in [1.807, 2.05) is 25.1 Å². The third kappa shape index (κ3) is 4.16. The van der Waals surface area contributed by atoms with Gasteiger partial charge in [0.15, 0.2) is 5.78 Å². The van der Waals surface area contributed by atoms with Gasteiger partial charge in [-0.15, -0.1) is 0 Å². The lowest BCUT2D eigenvalue weighted by molar-refractivity contribution is -0.120. The van der Waals surface area contributed by atoms with Crippen LogP contribution in [0, 0.1) is 6.92 Å². The van der Waals surface area contributed by atoms with Crippen LogP contribution in [0.3, 0.4) is 0 Å². The van der Waals surface area contributed by atoms with Gasteiger partial charge in [-0.1, -0.05) is 35.5 Å². The smallest absolute Gasteiger partial charge is 0.224 e. The number of carbonyl (C=O) groups is 2. The second kappa shape index (κ2) is 8.47. The predicted octanol–water partition coefficient (Wildman–Crippen LogP) is 3.41. The van der Waals surface area contributed by atoms with Crippen LogP contribution in [0.5, 0.6) is 0 Å². The highest BCUT2D eigenvalue weighted by Gasteiger charge is 2.28. The molecule has 0 spiro atoms. The molecule has 0 aliphatic heterocycles. The molecule has 6 heteroatoms. The van der Waals surface area contributed by atoms with Crippen molar-refractivity contribution in [2.45, 2.75) is 52.1 Å². The van der Waals surface area contributed by atoms with Gasteiger partial charge in [-0.3, -0.25) is 9.59 Å². The molecule has 0 atom stereocenters. The molecule has 3 aromatic rings. The van der Waals surface area contributed by atoms with Gasteiger partial charge in [0.2, 0.25) is 5.91 Å². The van der Waals surface area contributed by atoms with Crippen LogP contribution in [0.25, 0.3) is 0 Å². The number of Topliss-reactive ketones (excluding diaryl/α,β-unsaturated/α-hetero) is 1. The Morgan fingerprint density at radius 3 is 2.79 bits per heavy atom. The van der Waals surface area contributed by atoms with Crippen LogP contribution in [0.15, 0.2) is 47.2 Å². The van der Waals surface area contributed by atoms with Gasteiger partial charge < -0.3 is 14.4 Å². The van der Waals surface area contributed by atoms with Crippen LogP contribution in [0.1, 0.15) is 51.4 Å². The number of nitrogens with one attached hydrogen (secondary N) is 1. The molecule has 0 saturated heterocycles. The van der Waals surface area contributed by atoms with Gasteiger partial charge in [-0.2, -0.15) is 0 Å². The second-order valence-electron chi connectivity index (χ2n) is 7.49. The number of rotatable bonds is 7. The number of ketones is 1. The Labute approximate surface area is 169 Å². The molecule has 4 rings (SSSR count). The van der Waals surface area contributed by atoms with Crippen molar-refractivity contribution >= 4 is 11.7 Å². The van der Waals surface area contributed by atoms with Crippen LogP contribution < -0.4 is 5.32 Å². The largest absolute Gasteiger partial charge is 0.364 e. The third-order valence-corrected chi connectivity index (χ3v) is 5.62. The van der Waals surface area contributed by atoms with E-state index >= 15 is 0 Å². The van der Waals surface area contributed by atoms with E-state index in [1.165, 1.54) is 11.8 Å². The monoisotopic (exact) mass is 391 g/mol. The first kappa shape index (κ1) is 19.2. The van der Waals surface area contributed by atoms with E-state index in [9.17, 15) is 9.59 Å². The molecule has 0 unspecified atom stereocenters. The summed E-state index contributed by atoms with van der Waals surface area (Å²) in [4.78, 5) is 25.3. The topological polar surface area (TPSA) is 77.1 Å². The van der Waals surface area contributed by atoms with Gasteiger partial charge in [0.25, 0.3) is 0 Å². The van der Waals surface area contributed by atoms with Gasteiger partial charge in [0.05, 0.1) is 13.0 Å². The quantitative estimate of drug-likeness (QED) is 0.670. The molecule has 1 amide bonds. The zero-order chi connectivity index (χ0) is 20.2. The van der Waals surface area contributed by atoms with Crippen molar-refractivity contribution in [3.63, 3.8) is 0 Å². The van der Waals surface area contributed by atoms with Crippen LogP contribution in [0.2, 0.25) is 0 Å². The normalized spacial score (nSPS) is 13.3. The summed E-state index contributed by atoms with van der Waals surface area (Å²) in [7, 11) is 0. The molecule has 6 nitrogen and oxygen atoms in total. The first-order valence-electron chi connectivity index (χ1n) is 10.1. The van der Waals surface area contributed by atoms with Crippen molar-refractivity contribution < 1.29 is 14.1 Å². The molecule has 2 aromatic heterocycles. The van der Waals surface area contributed by atoms with E-state index in [0.29, 0.717) is 18.7 Å². The van der Waals surface area contributed by atoms with E-state index in [4.69, 9.17) is 4.52 Å². The first-order chi connectivity index (χ1) is 14.1. The molecule has 1 N–H and O–H groups in total. The number of benzene rings is 1. The molecular weight excluding hydrogens is 366 g/mol. The Morgan fingerprint density at radius 2 is 2.03 bits per heavy atom. The van der Waals surface area contributed by atoms with Crippen LogP contribution >= 0.6 is 0 Å². The van der Waals surface area contributed by atoms with E-state index in [1.54, 1.807) is 6.07 Å². The number of aromatic nitrogens is 2. The standard InChI is InChI=1S/C23H25N3O3/c1-16-19(14-22(28)24-15-18-11-13-29-25-18)23-20(8-5-9-21(23)27)26(16)12-10-17-6-3-2-4-7-17/h2-4,6-7,11,13H,5,8-10,12,14-15H2,1H3,(H,24,28). The van der Waals surface area contributed by atoms with Gasteiger partial charge in [0, 0.05) is 36.0 Å². The highest BCUT2D eigenvalue weighted by molar-refractivity contribution is 6.01. The van der Waals surface area contributed by atoms with Gasteiger partial charge >= 0.3 is 0 Å². The molecule has 0 bridgehead atoms. The molecule has 2 heterocycles. The summed E-state index contributed by atoms with van der Waals surface area (Å²) in [6.45, 7) is 3.15. The lowest BCUT2D eigenvalue weighted by Crippen LogP contribution is -2.25. The number of nitrogens with zero attached hydrogens (tertiary/aromatic N) is 2. The van der Waals surface area contributed by atoms with Crippen LogP contribution in [0.4, 0.5) is 0 Å². The highest BCUT2D eigenvalue weighted by atomic mass is 16.5. The maximum Gasteiger partial charge on any atom is 0.224 e. The van der Waals surface area contributed by atoms with E-state index in [2.05, 4.69) is 27.2 Å². The molecule has 0 radical (unpaired) electrons. The number of hydrogen-bond acceptors (Lipinski definition) is 4. The van der Waals surface area contributed by atoms with Crippen molar-refractivity contribution in [2.24, 2.45) is 0 Å². The SMILES string of the molecule is Cc1c(CC(=O)NCc2ccon2)c2c(n1CCc1ccccc1)CCCC2=O. The fourth-order valence-corrected chi connectivity index (χ4v) is 4.13. The second-order valence-corrected chi connectivity index (χ2v) is 7.49. The lowest BCUT2D eigenvalue weighted by Gasteiger charge is -2.16. The van der Waals surface area contributed by atoms with Crippen molar-refractivity contribution in [2.75, 3.05) is 0 Å². The Bertz CT molecular complexity index is 1000. The number of amides is 1. The Morgan fingerprint density at radius 1 is 1.21 bits per heavy atom. The fraction of sp³-hybridized carbons (Fsp3) is 0.348. The van der Waals surface area contributed by atoms with Gasteiger partial charge in [0.1, 0.15) is 12.0 Å². The van der Waals surface area contributed by atoms with Crippen LogP contribution in [-0.4, -0.2) is 21.4 Å². The number of carbonyl (C=O) groups excluding carboxylic acids is 2. The summed E-state index contributed by atoms with van der Waals surface area (Å²) >= 11 is 0. The van der Waals surface area contributed by atoms with Gasteiger partial charge in [-0.25, -0.2) is 0 Å². The number of aryl methyl sites for hydroxylation is 1. The fourth-order valence-electron chi connectivity index (χ4n) is 4.13.